The lowest BCUT2D eigenvalue weighted by Gasteiger charge is -2.11. The number of halogens is 1. The van der Waals surface area contributed by atoms with Crippen LogP contribution in [0.4, 0.5) is 11.5 Å². The van der Waals surface area contributed by atoms with Gasteiger partial charge in [-0.1, -0.05) is 23.7 Å². The van der Waals surface area contributed by atoms with Crippen molar-refractivity contribution in [3.05, 3.63) is 53.7 Å². The first-order chi connectivity index (χ1) is 13.5. The highest BCUT2D eigenvalue weighted by Gasteiger charge is 2.16. The molecule has 144 valence electrons. The van der Waals surface area contributed by atoms with E-state index in [0.717, 1.165) is 16.9 Å². The van der Waals surface area contributed by atoms with Crippen LogP contribution < -0.4 is 19.7 Å². The average molecular weight is 399 g/mol. The van der Waals surface area contributed by atoms with Gasteiger partial charge in [-0.15, -0.1) is 0 Å². The molecule has 0 aliphatic carbocycles. The molecule has 1 aliphatic rings. The van der Waals surface area contributed by atoms with E-state index in [1.165, 1.54) is 0 Å². The first-order valence-corrected chi connectivity index (χ1v) is 9.07. The van der Waals surface area contributed by atoms with Crippen molar-refractivity contribution in [1.29, 1.82) is 0 Å². The third-order valence-corrected chi connectivity index (χ3v) is 4.53. The van der Waals surface area contributed by atoms with Crippen LogP contribution in [0.3, 0.4) is 0 Å². The highest BCUT2D eigenvalue weighted by atomic mass is 35.5. The normalized spacial score (nSPS) is 12.1. The zero-order chi connectivity index (χ0) is 19.7. The van der Waals surface area contributed by atoms with Gasteiger partial charge in [0.05, 0.1) is 0 Å². The summed E-state index contributed by atoms with van der Waals surface area (Å²) in [7, 11) is 3.83. The van der Waals surface area contributed by atoms with E-state index in [9.17, 15) is 4.79 Å². The molecule has 1 aromatic heterocycles. The molecule has 2 heterocycles. The molecule has 2 aromatic carbocycles. The Morgan fingerprint density at radius 2 is 1.93 bits per heavy atom. The van der Waals surface area contributed by atoms with Crippen LogP contribution in [0.5, 0.6) is 11.5 Å². The first kappa shape index (κ1) is 18.2. The maximum atomic E-state index is 12.5. The van der Waals surface area contributed by atoms with E-state index < -0.39 is 0 Å². The van der Waals surface area contributed by atoms with Gasteiger partial charge in [0.2, 0.25) is 12.7 Å². The molecule has 0 atom stereocenters. The lowest BCUT2D eigenvalue weighted by atomic mass is 10.1. The number of carbonyl (C=O) groups excluding carboxylic acids is 1. The van der Waals surface area contributed by atoms with E-state index in [2.05, 4.69) is 10.4 Å². The third-order valence-electron chi connectivity index (χ3n) is 4.28. The number of hydrogen-bond acceptors (Lipinski definition) is 5. The van der Waals surface area contributed by atoms with Gasteiger partial charge >= 0.3 is 0 Å². The fraction of sp³-hybridized carbons (Fsp3) is 0.200. The molecular formula is C20H19ClN4O3. The van der Waals surface area contributed by atoms with Crippen LogP contribution in [0.15, 0.2) is 48.7 Å². The number of benzene rings is 2. The van der Waals surface area contributed by atoms with Crippen molar-refractivity contribution in [2.45, 2.75) is 6.54 Å². The molecule has 0 fully saturated rings. The van der Waals surface area contributed by atoms with Gasteiger partial charge in [0.15, 0.2) is 17.3 Å². The molecule has 0 unspecified atom stereocenters. The van der Waals surface area contributed by atoms with E-state index in [0.29, 0.717) is 22.2 Å². The van der Waals surface area contributed by atoms with Crippen molar-refractivity contribution in [3.63, 3.8) is 0 Å². The topological polar surface area (TPSA) is 68.6 Å². The highest BCUT2D eigenvalue weighted by Crippen LogP contribution is 2.34. The predicted molar refractivity (Wildman–Crippen MR) is 108 cm³/mol. The number of rotatable bonds is 5. The van der Waals surface area contributed by atoms with E-state index in [1.54, 1.807) is 22.9 Å². The van der Waals surface area contributed by atoms with Gasteiger partial charge in [0.25, 0.3) is 0 Å². The number of amides is 1. The molecule has 4 rings (SSSR count). The van der Waals surface area contributed by atoms with Gasteiger partial charge in [-0.2, -0.15) is 5.10 Å². The summed E-state index contributed by atoms with van der Waals surface area (Å²) < 4.78 is 12.2. The molecule has 28 heavy (non-hydrogen) atoms. The van der Waals surface area contributed by atoms with Gasteiger partial charge in [-0.3, -0.25) is 9.48 Å². The molecule has 0 radical (unpaired) electrons. The minimum Gasteiger partial charge on any atom is -0.454 e. The Hall–Kier alpha value is -3.19. The molecule has 1 N–H and O–H groups in total. The molecule has 7 nitrogen and oxygen atoms in total. The second kappa shape index (κ2) is 7.44. The van der Waals surface area contributed by atoms with Crippen LogP contribution in [-0.2, 0) is 11.3 Å². The molecule has 0 bridgehead atoms. The van der Waals surface area contributed by atoms with Crippen LogP contribution in [0, 0.1) is 0 Å². The number of fused-ring (bicyclic) bond motifs is 1. The Kier molecular flexibility index (Phi) is 4.83. The fourth-order valence-corrected chi connectivity index (χ4v) is 3.10. The summed E-state index contributed by atoms with van der Waals surface area (Å²) in [6, 6.07) is 12.8. The highest BCUT2D eigenvalue weighted by molar-refractivity contribution is 6.30. The van der Waals surface area contributed by atoms with Crippen LogP contribution in [0.1, 0.15) is 0 Å². The van der Waals surface area contributed by atoms with Crippen molar-refractivity contribution < 1.29 is 14.3 Å². The largest absolute Gasteiger partial charge is 0.454 e. The molecule has 8 heteroatoms. The van der Waals surface area contributed by atoms with Crippen LogP contribution in [0.2, 0.25) is 5.02 Å². The van der Waals surface area contributed by atoms with E-state index in [-0.39, 0.29) is 19.2 Å². The van der Waals surface area contributed by atoms with Gasteiger partial charge in [-0.25, -0.2) is 0 Å². The number of anilines is 2. The number of ether oxygens (including phenoxy) is 2. The Bertz CT molecular complexity index is 1010. The van der Waals surface area contributed by atoms with Gasteiger partial charge < -0.3 is 19.7 Å². The maximum absolute atomic E-state index is 12.5. The number of carbonyl (C=O) groups is 1. The molecule has 1 amide bonds. The van der Waals surface area contributed by atoms with E-state index in [4.69, 9.17) is 21.1 Å². The van der Waals surface area contributed by atoms with Crippen molar-refractivity contribution in [2.75, 3.05) is 31.1 Å². The summed E-state index contributed by atoms with van der Waals surface area (Å²) in [5.41, 5.74) is 2.56. The fourth-order valence-electron chi connectivity index (χ4n) is 2.98. The van der Waals surface area contributed by atoms with Crippen molar-refractivity contribution in [3.8, 4) is 22.6 Å². The number of aromatic nitrogens is 2. The Balaban J connectivity index is 1.52. The lowest BCUT2D eigenvalue weighted by Crippen LogP contribution is -2.19. The molecule has 0 saturated heterocycles. The minimum absolute atomic E-state index is 0.0862. The third kappa shape index (κ3) is 3.75. The van der Waals surface area contributed by atoms with Crippen LogP contribution in [0.25, 0.3) is 11.1 Å². The quantitative estimate of drug-likeness (QED) is 0.710. The number of nitrogens with one attached hydrogen (secondary N) is 1. The van der Waals surface area contributed by atoms with E-state index in [1.807, 2.05) is 49.5 Å². The molecule has 3 aromatic rings. The zero-order valence-electron chi connectivity index (χ0n) is 15.5. The monoisotopic (exact) mass is 398 g/mol. The molecule has 0 saturated carbocycles. The molecular weight excluding hydrogens is 380 g/mol. The van der Waals surface area contributed by atoms with Crippen molar-refractivity contribution >= 4 is 29.0 Å². The van der Waals surface area contributed by atoms with Crippen LogP contribution in [-0.4, -0.2) is 36.6 Å². The molecule has 1 aliphatic heterocycles. The van der Waals surface area contributed by atoms with Crippen LogP contribution >= 0.6 is 11.6 Å². The predicted octanol–water partition coefficient (Wildman–Crippen LogP) is 3.64. The summed E-state index contributed by atoms with van der Waals surface area (Å²) in [6.07, 6.45) is 1.86. The zero-order valence-corrected chi connectivity index (χ0v) is 16.2. The Morgan fingerprint density at radius 3 is 2.68 bits per heavy atom. The summed E-state index contributed by atoms with van der Waals surface area (Å²) in [6.45, 7) is 0.281. The summed E-state index contributed by atoms with van der Waals surface area (Å²) in [4.78, 5) is 14.4. The minimum atomic E-state index is -0.186. The smallest absolute Gasteiger partial charge is 0.246 e. The summed E-state index contributed by atoms with van der Waals surface area (Å²) in [5.74, 6) is 1.89. The standard InChI is InChI=1S/C20H19ClN4O3/c1-24(2)20-16(13-3-5-14(21)6-4-13)10-25(23-20)11-19(26)22-15-7-8-17-18(9-15)28-12-27-17/h3-10H,11-12H2,1-2H3,(H,22,26). The number of hydrogen-bond donors (Lipinski definition) is 1. The molecule has 0 spiro atoms. The second-order valence-corrected chi connectivity index (χ2v) is 7.02. The van der Waals surface area contributed by atoms with Crippen molar-refractivity contribution in [1.82, 2.24) is 9.78 Å². The summed E-state index contributed by atoms with van der Waals surface area (Å²) >= 11 is 5.99. The summed E-state index contributed by atoms with van der Waals surface area (Å²) in [5, 5.41) is 8.08. The average Bonchev–Trinajstić information content (AvgIpc) is 3.29. The first-order valence-electron chi connectivity index (χ1n) is 8.70. The number of nitrogens with zero attached hydrogens (tertiary/aromatic N) is 3. The van der Waals surface area contributed by atoms with Gasteiger partial charge in [0.1, 0.15) is 6.54 Å². The van der Waals surface area contributed by atoms with Gasteiger partial charge in [-0.05, 0) is 29.8 Å². The SMILES string of the molecule is CN(C)c1nn(CC(=O)Nc2ccc3c(c2)OCO3)cc1-c1ccc(Cl)cc1. The Labute approximate surface area is 167 Å². The Morgan fingerprint density at radius 1 is 1.18 bits per heavy atom. The lowest BCUT2D eigenvalue weighted by molar-refractivity contribution is -0.116. The van der Waals surface area contributed by atoms with Gasteiger partial charge in [0, 0.05) is 42.6 Å². The van der Waals surface area contributed by atoms with Crippen molar-refractivity contribution in [2.24, 2.45) is 0 Å². The second-order valence-electron chi connectivity index (χ2n) is 6.58. The maximum Gasteiger partial charge on any atom is 0.246 e. The van der Waals surface area contributed by atoms with E-state index >= 15 is 0 Å².